The van der Waals surface area contributed by atoms with Crippen LogP contribution in [0.5, 0.6) is 11.5 Å². The van der Waals surface area contributed by atoms with E-state index in [2.05, 4.69) is 12.1 Å². The third kappa shape index (κ3) is 2.34. The predicted molar refractivity (Wildman–Crippen MR) is 75.2 cm³/mol. The van der Waals surface area contributed by atoms with Gasteiger partial charge in [0.25, 0.3) is 0 Å². The number of aromatic hydroxyl groups is 1. The van der Waals surface area contributed by atoms with Gasteiger partial charge in [0.05, 0.1) is 7.11 Å². The zero-order valence-electron chi connectivity index (χ0n) is 10.8. The average molecular weight is 251 g/mol. The zero-order valence-corrected chi connectivity index (χ0v) is 10.8. The molecule has 0 saturated heterocycles. The Kier molecular flexibility index (Phi) is 3.00. The van der Waals surface area contributed by atoms with Crippen LogP contribution >= 0.6 is 0 Å². The van der Waals surface area contributed by atoms with Crippen molar-refractivity contribution in [2.45, 2.75) is 12.8 Å². The van der Waals surface area contributed by atoms with E-state index < -0.39 is 0 Å². The summed E-state index contributed by atoms with van der Waals surface area (Å²) in [5.74, 6) is 1.19. The molecule has 1 radical (unpaired) electrons. The first-order valence-corrected chi connectivity index (χ1v) is 6.35. The fraction of sp³-hybridized carbons (Fsp3) is 0.176. The summed E-state index contributed by atoms with van der Waals surface area (Å²) in [6.45, 7) is 0. The Hall–Kier alpha value is -2.22. The van der Waals surface area contributed by atoms with Gasteiger partial charge in [-0.15, -0.1) is 0 Å². The van der Waals surface area contributed by atoms with Crippen LogP contribution < -0.4 is 4.74 Å². The lowest BCUT2D eigenvalue weighted by Crippen LogP contribution is -2.00. The van der Waals surface area contributed by atoms with Crippen molar-refractivity contribution in [2.75, 3.05) is 7.11 Å². The molecule has 1 N–H and O–H groups in total. The largest absolute Gasteiger partial charge is 0.508 e. The molecule has 1 aliphatic carbocycles. The highest BCUT2D eigenvalue weighted by Crippen LogP contribution is 2.31. The molecule has 0 fully saturated rings. The van der Waals surface area contributed by atoms with E-state index in [0.717, 1.165) is 35.3 Å². The standard InChI is InChI=1S/C17H15O2/c1-19-17-4-2-3-12(11-17)13-5-6-15-10-16(18)8-7-14(15)9-13/h2-4,7-8,10-11,18H,5-6H2,1H3. The van der Waals surface area contributed by atoms with Gasteiger partial charge in [0.1, 0.15) is 11.5 Å². The molecule has 0 bridgehead atoms. The SMILES string of the molecule is COc1cccc(C2=[C]c3ccc(O)cc3CC2)c1. The second-order valence-electron chi connectivity index (χ2n) is 4.68. The Labute approximate surface area is 113 Å². The van der Waals surface area contributed by atoms with Gasteiger partial charge >= 0.3 is 0 Å². The van der Waals surface area contributed by atoms with Gasteiger partial charge in [0.2, 0.25) is 0 Å². The third-order valence-corrected chi connectivity index (χ3v) is 3.44. The molecule has 0 heterocycles. The maximum Gasteiger partial charge on any atom is 0.119 e. The Morgan fingerprint density at radius 1 is 1.11 bits per heavy atom. The highest BCUT2D eigenvalue weighted by Gasteiger charge is 2.13. The third-order valence-electron chi connectivity index (χ3n) is 3.44. The maximum absolute atomic E-state index is 9.49. The molecule has 0 aromatic heterocycles. The van der Waals surface area contributed by atoms with Crippen LogP contribution in [-0.2, 0) is 6.42 Å². The van der Waals surface area contributed by atoms with E-state index in [9.17, 15) is 5.11 Å². The van der Waals surface area contributed by atoms with Gasteiger partial charge < -0.3 is 9.84 Å². The van der Waals surface area contributed by atoms with E-state index in [1.807, 2.05) is 30.3 Å². The molecular weight excluding hydrogens is 236 g/mol. The van der Waals surface area contributed by atoms with Crippen molar-refractivity contribution in [3.63, 3.8) is 0 Å². The van der Waals surface area contributed by atoms with E-state index in [4.69, 9.17) is 4.74 Å². The molecule has 0 spiro atoms. The fourth-order valence-electron chi connectivity index (χ4n) is 2.42. The summed E-state index contributed by atoms with van der Waals surface area (Å²) in [6.07, 6.45) is 5.31. The van der Waals surface area contributed by atoms with Gasteiger partial charge in [-0.25, -0.2) is 0 Å². The molecule has 1 aliphatic rings. The average Bonchev–Trinajstić information content (AvgIpc) is 2.46. The van der Waals surface area contributed by atoms with Crippen molar-refractivity contribution in [1.29, 1.82) is 0 Å². The number of benzene rings is 2. The molecular formula is C17H15O2. The number of rotatable bonds is 2. The quantitative estimate of drug-likeness (QED) is 0.884. The van der Waals surface area contributed by atoms with Crippen LogP contribution in [0.2, 0.25) is 0 Å². The molecule has 2 nitrogen and oxygen atoms in total. The monoisotopic (exact) mass is 251 g/mol. The van der Waals surface area contributed by atoms with Crippen LogP contribution in [0.15, 0.2) is 42.5 Å². The molecule has 0 unspecified atom stereocenters. The maximum atomic E-state index is 9.49. The Balaban J connectivity index is 2.00. The summed E-state index contributed by atoms with van der Waals surface area (Å²) < 4.78 is 5.26. The van der Waals surface area contributed by atoms with E-state index in [-0.39, 0.29) is 0 Å². The summed E-state index contributed by atoms with van der Waals surface area (Å²) in [6, 6.07) is 13.5. The minimum absolute atomic E-state index is 0.324. The predicted octanol–water partition coefficient (Wildman–Crippen LogP) is 3.58. The van der Waals surface area contributed by atoms with E-state index in [1.54, 1.807) is 13.2 Å². The molecule has 2 aromatic carbocycles. The topological polar surface area (TPSA) is 29.5 Å². The molecule has 19 heavy (non-hydrogen) atoms. The number of aryl methyl sites for hydroxylation is 1. The van der Waals surface area contributed by atoms with Crippen LogP contribution in [0.3, 0.4) is 0 Å². The van der Waals surface area contributed by atoms with Gasteiger partial charge in [-0.3, -0.25) is 0 Å². The number of ether oxygens (including phenoxy) is 1. The van der Waals surface area contributed by atoms with E-state index >= 15 is 0 Å². The molecule has 0 amide bonds. The number of phenols is 1. The molecule has 2 heteroatoms. The second-order valence-corrected chi connectivity index (χ2v) is 4.68. The normalized spacial score (nSPS) is 13.6. The van der Waals surface area contributed by atoms with Crippen molar-refractivity contribution in [1.82, 2.24) is 0 Å². The van der Waals surface area contributed by atoms with Crippen LogP contribution in [-0.4, -0.2) is 12.2 Å². The summed E-state index contributed by atoms with van der Waals surface area (Å²) in [5, 5.41) is 9.49. The smallest absolute Gasteiger partial charge is 0.119 e. The van der Waals surface area contributed by atoms with Crippen LogP contribution in [0.1, 0.15) is 23.1 Å². The number of methoxy groups -OCH3 is 1. The van der Waals surface area contributed by atoms with Crippen LogP contribution in [0, 0.1) is 6.08 Å². The molecule has 3 rings (SSSR count). The van der Waals surface area contributed by atoms with Crippen molar-refractivity contribution >= 4 is 5.57 Å². The van der Waals surface area contributed by atoms with E-state index in [1.165, 1.54) is 5.57 Å². The van der Waals surface area contributed by atoms with Gasteiger partial charge in [0.15, 0.2) is 0 Å². The van der Waals surface area contributed by atoms with Gasteiger partial charge in [-0.05, 0) is 65.4 Å². The van der Waals surface area contributed by atoms with Crippen molar-refractivity contribution in [2.24, 2.45) is 0 Å². The summed E-state index contributed by atoms with van der Waals surface area (Å²) >= 11 is 0. The van der Waals surface area contributed by atoms with Crippen LogP contribution in [0.4, 0.5) is 0 Å². The minimum atomic E-state index is 0.324. The summed E-state index contributed by atoms with van der Waals surface area (Å²) in [7, 11) is 1.68. The van der Waals surface area contributed by atoms with Crippen molar-refractivity contribution < 1.29 is 9.84 Å². The lowest BCUT2D eigenvalue weighted by Gasteiger charge is -2.16. The zero-order chi connectivity index (χ0) is 13.2. The number of hydrogen-bond donors (Lipinski definition) is 1. The second kappa shape index (κ2) is 4.81. The Morgan fingerprint density at radius 3 is 2.84 bits per heavy atom. The van der Waals surface area contributed by atoms with Gasteiger partial charge in [-0.1, -0.05) is 18.2 Å². The Morgan fingerprint density at radius 2 is 2.00 bits per heavy atom. The molecule has 95 valence electrons. The highest BCUT2D eigenvalue weighted by atomic mass is 16.5. The van der Waals surface area contributed by atoms with Crippen molar-refractivity contribution in [3.05, 3.63) is 65.2 Å². The van der Waals surface area contributed by atoms with Crippen LogP contribution in [0.25, 0.3) is 5.57 Å². The number of hydrogen-bond acceptors (Lipinski definition) is 2. The number of phenolic OH excluding ortho intramolecular Hbond substituents is 1. The molecule has 2 aromatic rings. The first kappa shape index (κ1) is 11.8. The number of allylic oxidation sites excluding steroid dienone is 1. The number of fused-ring (bicyclic) bond motifs is 1. The summed E-state index contributed by atoms with van der Waals surface area (Å²) in [5.41, 5.74) is 4.57. The fourth-order valence-corrected chi connectivity index (χ4v) is 2.42. The first-order valence-electron chi connectivity index (χ1n) is 6.35. The first-order chi connectivity index (χ1) is 9.26. The summed E-state index contributed by atoms with van der Waals surface area (Å²) in [4.78, 5) is 0. The lowest BCUT2D eigenvalue weighted by molar-refractivity contribution is 0.414. The Bertz CT molecular complexity index is 641. The molecule has 0 atom stereocenters. The van der Waals surface area contributed by atoms with Gasteiger partial charge in [-0.2, -0.15) is 0 Å². The highest BCUT2D eigenvalue weighted by molar-refractivity contribution is 5.70. The molecule has 0 aliphatic heterocycles. The van der Waals surface area contributed by atoms with E-state index in [0.29, 0.717) is 5.75 Å². The van der Waals surface area contributed by atoms with Crippen molar-refractivity contribution in [3.8, 4) is 11.5 Å². The minimum Gasteiger partial charge on any atom is -0.508 e. The lowest BCUT2D eigenvalue weighted by atomic mass is 9.88. The molecule has 0 saturated carbocycles. The van der Waals surface area contributed by atoms with Gasteiger partial charge in [0, 0.05) is 0 Å².